The molecule has 30 heavy (non-hydrogen) atoms. The van der Waals surface area contributed by atoms with Crippen LogP contribution in [0.3, 0.4) is 0 Å². The fourth-order valence-electron chi connectivity index (χ4n) is 3.49. The maximum absolute atomic E-state index is 5.86. The van der Waals surface area contributed by atoms with Gasteiger partial charge >= 0.3 is 0 Å². The monoisotopic (exact) mass is 421 g/mol. The van der Waals surface area contributed by atoms with Crippen LogP contribution in [0.4, 0.5) is 0 Å². The van der Waals surface area contributed by atoms with Crippen LogP contribution in [-0.2, 0) is 16.7 Å². The molecular weight excluding hydrogens is 402 g/mol. The standard InChI is InChI=1S/C22H20ClN5O2/c1-14-9-18(26-28(14)11-15-3-8-19(23)24-10-15)21-25-20(27-30-21)16-4-6-17(7-5-16)22(2)12-29-13-22/h3-10H,11-13H2,1-2H3. The third kappa shape index (κ3) is 3.51. The number of rotatable bonds is 5. The Morgan fingerprint density at radius 1 is 1.13 bits per heavy atom. The molecule has 3 aromatic heterocycles. The number of aryl methyl sites for hydroxylation is 1. The van der Waals surface area contributed by atoms with Crippen molar-refractivity contribution in [1.29, 1.82) is 0 Å². The highest BCUT2D eigenvalue weighted by Crippen LogP contribution is 2.33. The molecule has 0 radical (unpaired) electrons. The summed E-state index contributed by atoms with van der Waals surface area (Å²) in [5.41, 5.74) is 4.90. The molecule has 7 nitrogen and oxygen atoms in total. The molecular formula is C22H20ClN5O2. The van der Waals surface area contributed by atoms with Gasteiger partial charge in [-0.2, -0.15) is 10.1 Å². The normalized spacial score (nSPS) is 15.2. The number of ether oxygens (including phenoxy) is 1. The Hall–Kier alpha value is -3.03. The van der Waals surface area contributed by atoms with Gasteiger partial charge in [0.1, 0.15) is 5.15 Å². The van der Waals surface area contributed by atoms with E-state index in [1.165, 1.54) is 5.56 Å². The molecule has 1 saturated heterocycles. The van der Waals surface area contributed by atoms with E-state index in [4.69, 9.17) is 20.9 Å². The van der Waals surface area contributed by atoms with E-state index in [9.17, 15) is 0 Å². The van der Waals surface area contributed by atoms with Crippen LogP contribution in [0.1, 0.15) is 23.7 Å². The van der Waals surface area contributed by atoms with Crippen molar-refractivity contribution in [2.75, 3.05) is 13.2 Å². The second-order valence-corrected chi connectivity index (χ2v) is 8.26. The summed E-state index contributed by atoms with van der Waals surface area (Å²) in [6.45, 7) is 6.29. The average molecular weight is 422 g/mol. The van der Waals surface area contributed by atoms with E-state index in [0.29, 0.717) is 29.1 Å². The van der Waals surface area contributed by atoms with Gasteiger partial charge < -0.3 is 9.26 Å². The third-order valence-electron chi connectivity index (χ3n) is 5.43. The molecule has 0 atom stereocenters. The second-order valence-electron chi connectivity index (χ2n) is 7.87. The maximum Gasteiger partial charge on any atom is 0.278 e. The van der Waals surface area contributed by atoms with Gasteiger partial charge in [0.15, 0.2) is 5.69 Å². The molecule has 4 heterocycles. The molecule has 0 bridgehead atoms. The van der Waals surface area contributed by atoms with Crippen LogP contribution < -0.4 is 0 Å². The highest BCUT2D eigenvalue weighted by atomic mass is 35.5. The van der Waals surface area contributed by atoms with Gasteiger partial charge in [-0.05, 0) is 30.2 Å². The van der Waals surface area contributed by atoms with Crippen molar-refractivity contribution in [3.8, 4) is 23.0 Å². The van der Waals surface area contributed by atoms with E-state index in [1.54, 1.807) is 12.3 Å². The number of hydrogen-bond donors (Lipinski definition) is 0. The molecule has 0 unspecified atom stereocenters. The maximum atomic E-state index is 5.86. The van der Waals surface area contributed by atoms with Crippen LogP contribution in [0.25, 0.3) is 23.0 Å². The highest BCUT2D eigenvalue weighted by Gasteiger charge is 2.35. The quantitative estimate of drug-likeness (QED) is 0.447. The third-order valence-corrected chi connectivity index (χ3v) is 5.65. The molecule has 0 N–H and O–H groups in total. The smallest absolute Gasteiger partial charge is 0.278 e. The lowest BCUT2D eigenvalue weighted by Gasteiger charge is -2.38. The summed E-state index contributed by atoms with van der Waals surface area (Å²) in [6.07, 6.45) is 1.74. The van der Waals surface area contributed by atoms with Crippen molar-refractivity contribution < 1.29 is 9.26 Å². The first-order valence-corrected chi connectivity index (χ1v) is 10.1. The first-order valence-electron chi connectivity index (χ1n) is 9.68. The summed E-state index contributed by atoms with van der Waals surface area (Å²) in [6, 6.07) is 13.9. The molecule has 0 spiro atoms. The molecule has 5 rings (SSSR count). The number of hydrogen-bond acceptors (Lipinski definition) is 6. The largest absolute Gasteiger partial charge is 0.379 e. The van der Waals surface area contributed by atoms with Crippen LogP contribution in [0, 0.1) is 6.92 Å². The van der Waals surface area contributed by atoms with Gasteiger partial charge in [0, 0.05) is 22.9 Å². The summed E-state index contributed by atoms with van der Waals surface area (Å²) in [5, 5.41) is 9.22. The number of halogens is 1. The minimum absolute atomic E-state index is 0.102. The molecule has 1 fully saturated rings. The van der Waals surface area contributed by atoms with E-state index in [0.717, 1.165) is 30.0 Å². The van der Waals surface area contributed by atoms with Crippen molar-refractivity contribution >= 4 is 11.6 Å². The van der Waals surface area contributed by atoms with Gasteiger partial charge in [0.2, 0.25) is 5.82 Å². The number of benzene rings is 1. The number of aromatic nitrogens is 5. The minimum Gasteiger partial charge on any atom is -0.379 e. The fraction of sp³-hybridized carbons (Fsp3) is 0.273. The van der Waals surface area contributed by atoms with Gasteiger partial charge in [-0.1, -0.05) is 54.0 Å². The predicted molar refractivity (Wildman–Crippen MR) is 112 cm³/mol. The van der Waals surface area contributed by atoms with Gasteiger partial charge in [0.25, 0.3) is 5.89 Å². The molecule has 8 heteroatoms. The average Bonchev–Trinajstić information content (AvgIpc) is 3.35. The van der Waals surface area contributed by atoms with Crippen molar-refractivity contribution in [3.05, 3.63) is 70.6 Å². The van der Waals surface area contributed by atoms with Crippen LogP contribution in [0.5, 0.6) is 0 Å². The lowest BCUT2D eigenvalue weighted by molar-refractivity contribution is -0.0500. The van der Waals surface area contributed by atoms with Crippen LogP contribution in [0.15, 0.2) is 53.2 Å². The Kier molecular flexibility index (Phi) is 4.64. The lowest BCUT2D eigenvalue weighted by Crippen LogP contribution is -2.43. The number of nitrogens with zero attached hydrogens (tertiary/aromatic N) is 5. The van der Waals surface area contributed by atoms with Crippen molar-refractivity contribution in [2.45, 2.75) is 25.8 Å². The SMILES string of the molecule is Cc1cc(-c2nc(-c3ccc(C4(C)COC4)cc3)no2)nn1Cc1ccc(Cl)nc1. The first kappa shape index (κ1) is 19.0. The van der Waals surface area contributed by atoms with E-state index in [1.807, 2.05) is 35.9 Å². The second kappa shape index (κ2) is 7.34. The van der Waals surface area contributed by atoms with E-state index < -0.39 is 0 Å². The molecule has 0 amide bonds. The highest BCUT2D eigenvalue weighted by molar-refractivity contribution is 6.29. The predicted octanol–water partition coefficient (Wildman–Crippen LogP) is 4.29. The Balaban J connectivity index is 1.36. The number of pyridine rings is 1. The van der Waals surface area contributed by atoms with Gasteiger partial charge in [-0.25, -0.2) is 4.98 Å². The molecule has 0 aliphatic carbocycles. The van der Waals surface area contributed by atoms with Crippen LogP contribution in [0.2, 0.25) is 5.15 Å². The van der Waals surface area contributed by atoms with Crippen molar-refractivity contribution in [1.82, 2.24) is 24.9 Å². The molecule has 1 aliphatic rings. The molecule has 152 valence electrons. The zero-order chi connectivity index (χ0) is 20.7. The van der Waals surface area contributed by atoms with E-state index in [-0.39, 0.29) is 5.41 Å². The molecule has 1 aliphatic heterocycles. The van der Waals surface area contributed by atoms with Gasteiger partial charge in [0.05, 0.1) is 19.8 Å². The van der Waals surface area contributed by atoms with Gasteiger partial charge in [-0.3, -0.25) is 4.68 Å². The van der Waals surface area contributed by atoms with Crippen LogP contribution in [-0.4, -0.2) is 38.1 Å². The zero-order valence-corrected chi connectivity index (χ0v) is 17.4. The molecule has 1 aromatic carbocycles. The minimum atomic E-state index is 0.102. The summed E-state index contributed by atoms with van der Waals surface area (Å²) < 4.78 is 12.7. The Labute approximate surface area is 178 Å². The zero-order valence-electron chi connectivity index (χ0n) is 16.7. The Bertz CT molecular complexity index is 1180. The first-order chi connectivity index (χ1) is 14.5. The topological polar surface area (TPSA) is 78.9 Å². The summed E-state index contributed by atoms with van der Waals surface area (Å²) in [4.78, 5) is 8.66. The van der Waals surface area contributed by atoms with E-state index in [2.05, 4.69) is 39.3 Å². The molecule has 0 saturated carbocycles. The lowest BCUT2D eigenvalue weighted by atomic mass is 9.80. The van der Waals surface area contributed by atoms with E-state index >= 15 is 0 Å². The van der Waals surface area contributed by atoms with Gasteiger partial charge in [-0.15, -0.1) is 0 Å². The Morgan fingerprint density at radius 2 is 1.93 bits per heavy atom. The summed E-state index contributed by atoms with van der Waals surface area (Å²) in [7, 11) is 0. The Morgan fingerprint density at radius 3 is 2.60 bits per heavy atom. The summed E-state index contributed by atoms with van der Waals surface area (Å²) in [5.74, 6) is 0.935. The molecule has 4 aromatic rings. The van der Waals surface area contributed by atoms with Crippen molar-refractivity contribution in [3.63, 3.8) is 0 Å². The van der Waals surface area contributed by atoms with Crippen LogP contribution >= 0.6 is 11.6 Å². The summed E-state index contributed by atoms with van der Waals surface area (Å²) >= 11 is 5.86. The van der Waals surface area contributed by atoms with Crippen molar-refractivity contribution in [2.24, 2.45) is 0 Å². The fourth-order valence-corrected chi connectivity index (χ4v) is 3.60.